The van der Waals surface area contributed by atoms with Crippen molar-refractivity contribution in [3.63, 3.8) is 0 Å². The highest BCUT2D eigenvalue weighted by molar-refractivity contribution is 8.01. The number of thioether (sulfide) groups is 1. The van der Waals surface area contributed by atoms with Crippen molar-refractivity contribution in [3.8, 4) is 0 Å². The van der Waals surface area contributed by atoms with Crippen LogP contribution < -0.4 is 0 Å². The molecule has 0 aromatic heterocycles. The molecule has 1 aliphatic rings. The van der Waals surface area contributed by atoms with Crippen LogP contribution in [0.4, 0.5) is 26.3 Å². The van der Waals surface area contributed by atoms with Crippen molar-refractivity contribution in [2.45, 2.75) is 24.0 Å². The first-order valence-electron chi connectivity index (χ1n) is 3.56. The van der Waals surface area contributed by atoms with Crippen LogP contribution in [-0.2, 0) is 0 Å². The molecule has 0 fully saturated rings. The van der Waals surface area contributed by atoms with Gasteiger partial charge in [0.2, 0.25) is 4.75 Å². The Balaban J connectivity index is 3.19. The molecule has 0 aromatic carbocycles. The SMILES string of the molecule is CC1=CC(C(F)(F)F)(C(F)(F)F)SC1. The average Bonchev–Trinajstić information content (AvgIpc) is 2.28. The van der Waals surface area contributed by atoms with Crippen molar-refractivity contribution in [1.82, 2.24) is 0 Å². The second-order valence-electron chi connectivity index (χ2n) is 3.01. The Morgan fingerprint density at radius 1 is 1.14 bits per heavy atom. The summed E-state index contributed by atoms with van der Waals surface area (Å²) in [5.74, 6) is -0.237. The lowest BCUT2D eigenvalue weighted by atomic mass is 10.1. The fourth-order valence-corrected chi connectivity index (χ4v) is 2.30. The molecule has 0 aromatic rings. The summed E-state index contributed by atoms with van der Waals surface area (Å²) in [6, 6.07) is 0. The number of rotatable bonds is 0. The molecule has 0 bridgehead atoms. The summed E-state index contributed by atoms with van der Waals surface area (Å²) in [4.78, 5) is 0. The van der Waals surface area contributed by atoms with Crippen LogP contribution in [0, 0.1) is 0 Å². The van der Waals surface area contributed by atoms with Gasteiger partial charge in [0.25, 0.3) is 0 Å². The minimum absolute atomic E-state index is 0.102. The van der Waals surface area contributed by atoms with Crippen molar-refractivity contribution >= 4 is 11.8 Å². The van der Waals surface area contributed by atoms with Crippen LogP contribution in [0.1, 0.15) is 6.92 Å². The van der Waals surface area contributed by atoms with Crippen LogP contribution in [0.5, 0.6) is 0 Å². The predicted octanol–water partition coefficient (Wildman–Crippen LogP) is 3.54. The van der Waals surface area contributed by atoms with E-state index in [1.54, 1.807) is 0 Å². The summed E-state index contributed by atoms with van der Waals surface area (Å²) in [7, 11) is 0. The number of alkyl halides is 6. The lowest BCUT2D eigenvalue weighted by molar-refractivity contribution is -0.249. The molecule has 82 valence electrons. The van der Waals surface area contributed by atoms with Crippen LogP contribution in [0.25, 0.3) is 0 Å². The highest BCUT2D eigenvalue weighted by Gasteiger charge is 2.71. The van der Waals surface area contributed by atoms with E-state index in [0.29, 0.717) is 0 Å². The average molecular weight is 236 g/mol. The maximum Gasteiger partial charge on any atom is 0.415 e. The molecule has 0 unspecified atom stereocenters. The van der Waals surface area contributed by atoms with Crippen LogP contribution in [0.2, 0.25) is 0 Å². The van der Waals surface area contributed by atoms with Gasteiger partial charge in [0.15, 0.2) is 0 Å². The zero-order chi connectivity index (χ0) is 11.2. The highest BCUT2D eigenvalue weighted by atomic mass is 32.2. The van der Waals surface area contributed by atoms with Gasteiger partial charge in [-0.2, -0.15) is 26.3 Å². The van der Waals surface area contributed by atoms with E-state index in [-0.39, 0.29) is 29.2 Å². The smallest absolute Gasteiger partial charge is 0.169 e. The Hall–Kier alpha value is -0.330. The van der Waals surface area contributed by atoms with E-state index in [1.165, 1.54) is 6.92 Å². The van der Waals surface area contributed by atoms with Gasteiger partial charge in [-0.1, -0.05) is 11.6 Å². The maximum atomic E-state index is 12.3. The van der Waals surface area contributed by atoms with Crippen LogP contribution in [-0.4, -0.2) is 22.9 Å². The second-order valence-corrected chi connectivity index (χ2v) is 4.23. The summed E-state index contributed by atoms with van der Waals surface area (Å²) in [5.41, 5.74) is 0.102. The van der Waals surface area contributed by atoms with Gasteiger partial charge in [-0.3, -0.25) is 0 Å². The zero-order valence-electron chi connectivity index (χ0n) is 6.96. The van der Waals surface area contributed by atoms with Crippen LogP contribution in [0.3, 0.4) is 0 Å². The van der Waals surface area contributed by atoms with E-state index in [9.17, 15) is 26.3 Å². The van der Waals surface area contributed by atoms with Gasteiger partial charge in [0, 0.05) is 5.75 Å². The molecule has 0 saturated carbocycles. The first-order chi connectivity index (χ1) is 6.10. The Kier molecular flexibility index (Phi) is 2.58. The molecule has 0 N–H and O–H groups in total. The van der Waals surface area contributed by atoms with Gasteiger partial charge >= 0.3 is 12.4 Å². The van der Waals surface area contributed by atoms with Gasteiger partial charge in [0.1, 0.15) is 0 Å². The van der Waals surface area contributed by atoms with E-state index in [2.05, 4.69) is 0 Å². The lowest BCUT2D eigenvalue weighted by Gasteiger charge is -2.31. The molecule has 7 heteroatoms. The quantitative estimate of drug-likeness (QED) is 0.458. The molecule has 1 heterocycles. The molecular formula is C7H6F6S. The molecule has 0 amide bonds. The third-order valence-corrected chi connectivity index (χ3v) is 3.46. The standard InChI is InChI=1S/C7H6F6S/c1-4-2-5(14-3-4,6(8,9)10)7(11,12)13/h2H,3H2,1H3. The van der Waals surface area contributed by atoms with Gasteiger partial charge in [0.05, 0.1) is 0 Å². The van der Waals surface area contributed by atoms with Crippen molar-refractivity contribution in [2.75, 3.05) is 5.75 Å². The molecule has 1 aliphatic heterocycles. The minimum Gasteiger partial charge on any atom is -0.169 e. The first kappa shape index (κ1) is 11.7. The topological polar surface area (TPSA) is 0 Å². The van der Waals surface area contributed by atoms with E-state index >= 15 is 0 Å². The highest BCUT2D eigenvalue weighted by Crippen LogP contribution is 2.56. The maximum absolute atomic E-state index is 12.3. The molecule has 14 heavy (non-hydrogen) atoms. The molecule has 0 nitrogen and oxygen atoms in total. The summed E-state index contributed by atoms with van der Waals surface area (Å²) < 4.78 is 70.1. The Labute approximate surface area is 80.3 Å². The number of halogens is 6. The molecule has 1 rings (SSSR count). The molecule has 0 atom stereocenters. The van der Waals surface area contributed by atoms with Crippen molar-refractivity contribution in [3.05, 3.63) is 11.6 Å². The first-order valence-corrected chi connectivity index (χ1v) is 4.54. The predicted molar refractivity (Wildman–Crippen MR) is 41.1 cm³/mol. The van der Waals surface area contributed by atoms with Crippen LogP contribution in [0.15, 0.2) is 11.6 Å². The summed E-state index contributed by atoms with van der Waals surface area (Å²) in [6.45, 7) is 1.26. The van der Waals surface area contributed by atoms with Gasteiger partial charge in [-0.25, -0.2) is 0 Å². The monoisotopic (exact) mass is 236 g/mol. The number of hydrogen-bond donors (Lipinski definition) is 0. The molecule has 0 aliphatic carbocycles. The van der Waals surface area contributed by atoms with Gasteiger partial charge in [-0.15, -0.1) is 11.8 Å². The van der Waals surface area contributed by atoms with E-state index in [0.717, 1.165) is 0 Å². The fourth-order valence-electron chi connectivity index (χ4n) is 1.15. The second kappa shape index (κ2) is 3.08. The van der Waals surface area contributed by atoms with E-state index in [4.69, 9.17) is 0 Å². The summed E-state index contributed by atoms with van der Waals surface area (Å²) >= 11 is -0.131. The Morgan fingerprint density at radius 3 is 1.71 bits per heavy atom. The van der Waals surface area contributed by atoms with Crippen molar-refractivity contribution in [1.29, 1.82) is 0 Å². The number of hydrogen-bond acceptors (Lipinski definition) is 1. The van der Waals surface area contributed by atoms with E-state index in [1.807, 2.05) is 0 Å². The normalized spacial score (nSPS) is 22.4. The Morgan fingerprint density at radius 2 is 1.57 bits per heavy atom. The minimum atomic E-state index is -5.30. The summed E-state index contributed by atoms with van der Waals surface area (Å²) in [5, 5.41) is 0. The van der Waals surface area contributed by atoms with Gasteiger partial charge < -0.3 is 0 Å². The Bertz CT molecular complexity index is 246. The van der Waals surface area contributed by atoms with Crippen LogP contribution >= 0.6 is 11.8 Å². The third kappa shape index (κ3) is 1.62. The zero-order valence-corrected chi connectivity index (χ0v) is 7.78. The van der Waals surface area contributed by atoms with Crippen molar-refractivity contribution < 1.29 is 26.3 Å². The molecule has 0 saturated heterocycles. The molecule has 0 spiro atoms. The fraction of sp³-hybridized carbons (Fsp3) is 0.714. The van der Waals surface area contributed by atoms with E-state index < -0.39 is 17.1 Å². The molecule has 0 radical (unpaired) electrons. The molecular weight excluding hydrogens is 230 g/mol. The van der Waals surface area contributed by atoms with Crippen molar-refractivity contribution in [2.24, 2.45) is 0 Å². The lowest BCUT2D eigenvalue weighted by Crippen LogP contribution is -2.51. The largest absolute Gasteiger partial charge is 0.415 e. The third-order valence-electron chi connectivity index (χ3n) is 1.82. The van der Waals surface area contributed by atoms with Gasteiger partial charge in [-0.05, 0) is 6.92 Å². The summed E-state index contributed by atoms with van der Waals surface area (Å²) in [6.07, 6.45) is -10.3.